The van der Waals surface area contributed by atoms with E-state index in [-0.39, 0.29) is 0 Å². The second-order valence-corrected chi connectivity index (χ2v) is 2.31. The maximum atomic E-state index is 5.58. The topological polar surface area (TPSA) is 94.3 Å². The van der Waals surface area contributed by atoms with Crippen LogP contribution in [0.3, 0.4) is 0 Å². The van der Waals surface area contributed by atoms with E-state index in [0.717, 1.165) is 5.52 Å². The van der Waals surface area contributed by atoms with E-state index in [1.165, 1.54) is 6.33 Å². The summed E-state index contributed by atoms with van der Waals surface area (Å²) in [5, 5.41) is 3.96. The van der Waals surface area contributed by atoms with Gasteiger partial charge in [0.05, 0.1) is 0 Å². The molecule has 0 aliphatic rings. The van der Waals surface area contributed by atoms with Crippen LogP contribution in [0.1, 0.15) is 0 Å². The van der Waals surface area contributed by atoms with Gasteiger partial charge in [0.2, 0.25) is 0 Å². The zero-order chi connectivity index (χ0) is 8.55. The van der Waals surface area contributed by atoms with E-state index < -0.39 is 0 Å². The first-order chi connectivity index (χ1) is 5.83. The molecule has 0 unspecified atom stereocenters. The van der Waals surface area contributed by atoms with Gasteiger partial charge in [-0.3, -0.25) is 0 Å². The summed E-state index contributed by atoms with van der Waals surface area (Å²) in [6.45, 7) is 0. The van der Waals surface area contributed by atoms with Crippen LogP contribution < -0.4 is 17.0 Å². The number of hydrogen-bond donors (Lipinski definition) is 3. The number of nitrogens with zero attached hydrogens (tertiary/aromatic N) is 3. The molecule has 12 heavy (non-hydrogen) atoms. The standard InChI is InChI=1S/C6H8N6/c7-6-4-1-2-5(11-8)12(4)10-3-9-6/h1-3,11H,8H2,(H2,7,9,10). The minimum absolute atomic E-state index is 0.437. The van der Waals surface area contributed by atoms with Crippen molar-refractivity contribution in [2.45, 2.75) is 0 Å². The molecule has 5 N–H and O–H groups in total. The van der Waals surface area contributed by atoms with Gasteiger partial charge in [-0.2, -0.15) is 5.10 Å². The second kappa shape index (κ2) is 2.35. The molecule has 0 saturated carbocycles. The van der Waals surface area contributed by atoms with E-state index in [0.29, 0.717) is 11.6 Å². The highest BCUT2D eigenvalue weighted by molar-refractivity contribution is 5.68. The molecule has 2 aromatic heterocycles. The summed E-state index contributed by atoms with van der Waals surface area (Å²) in [5.74, 6) is 6.35. The average molecular weight is 164 g/mol. The number of anilines is 2. The van der Waals surface area contributed by atoms with Crippen LogP contribution in [0.5, 0.6) is 0 Å². The first-order valence-corrected chi connectivity index (χ1v) is 3.38. The van der Waals surface area contributed by atoms with E-state index >= 15 is 0 Å². The van der Waals surface area contributed by atoms with Crippen LogP contribution in [0, 0.1) is 0 Å². The summed E-state index contributed by atoms with van der Waals surface area (Å²) in [6, 6.07) is 3.57. The van der Waals surface area contributed by atoms with Crippen molar-refractivity contribution in [1.29, 1.82) is 0 Å². The van der Waals surface area contributed by atoms with Gasteiger partial charge in [-0.05, 0) is 12.1 Å². The van der Waals surface area contributed by atoms with Crippen molar-refractivity contribution in [3.8, 4) is 0 Å². The molecule has 0 aromatic carbocycles. The molecular formula is C6H8N6. The van der Waals surface area contributed by atoms with Crippen LogP contribution in [-0.4, -0.2) is 14.6 Å². The molecule has 0 saturated heterocycles. The van der Waals surface area contributed by atoms with E-state index in [1.54, 1.807) is 16.6 Å². The Morgan fingerprint density at radius 3 is 3.00 bits per heavy atom. The smallest absolute Gasteiger partial charge is 0.151 e. The Kier molecular flexibility index (Phi) is 1.34. The summed E-state index contributed by atoms with van der Waals surface area (Å²) >= 11 is 0. The van der Waals surface area contributed by atoms with Crippen molar-refractivity contribution in [2.75, 3.05) is 11.2 Å². The average Bonchev–Trinajstić information content (AvgIpc) is 2.49. The number of hydrazine groups is 1. The van der Waals surface area contributed by atoms with Gasteiger partial charge in [-0.1, -0.05) is 0 Å². The van der Waals surface area contributed by atoms with Crippen LogP contribution in [0.2, 0.25) is 0 Å². The molecule has 2 rings (SSSR count). The molecule has 2 aromatic rings. The fraction of sp³-hybridized carbons (Fsp3) is 0. The molecule has 6 nitrogen and oxygen atoms in total. The lowest BCUT2D eigenvalue weighted by atomic mass is 10.5. The summed E-state index contributed by atoms with van der Waals surface area (Å²) in [4.78, 5) is 3.83. The molecule has 0 bridgehead atoms. The van der Waals surface area contributed by atoms with Gasteiger partial charge >= 0.3 is 0 Å². The van der Waals surface area contributed by atoms with Gasteiger partial charge in [0.15, 0.2) is 5.82 Å². The van der Waals surface area contributed by atoms with Crippen molar-refractivity contribution in [3.05, 3.63) is 18.5 Å². The Balaban J connectivity index is 2.80. The number of hydrogen-bond acceptors (Lipinski definition) is 5. The quantitative estimate of drug-likeness (QED) is 0.393. The number of nitrogens with two attached hydrogens (primary N) is 2. The normalized spacial score (nSPS) is 10.4. The zero-order valence-electron chi connectivity index (χ0n) is 6.23. The number of rotatable bonds is 1. The summed E-state index contributed by atoms with van der Waals surface area (Å²) in [5.41, 5.74) is 8.82. The maximum absolute atomic E-state index is 5.58. The van der Waals surface area contributed by atoms with Crippen LogP contribution in [-0.2, 0) is 0 Å². The van der Waals surface area contributed by atoms with Gasteiger partial charge in [-0.25, -0.2) is 15.3 Å². The predicted molar refractivity (Wildman–Crippen MR) is 45.2 cm³/mol. The van der Waals surface area contributed by atoms with Crippen molar-refractivity contribution >= 4 is 17.2 Å². The highest BCUT2D eigenvalue weighted by atomic mass is 15.4. The monoisotopic (exact) mass is 164 g/mol. The Hall–Kier alpha value is -1.82. The Morgan fingerprint density at radius 2 is 2.25 bits per heavy atom. The fourth-order valence-electron chi connectivity index (χ4n) is 1.06. The predicted octanol–water partition coefficient (Wildman–Crippen LogP) is -0.403. The van der Waals surface area contributed by atoms with Gasteiger partial charge in [0.1, 0.15) is 17.7 Å². The second-order valence-electron chi connectivity index (χ2n) is 2.31. The van der Waals surface area contributed by atoms with Crippen LogP contribution in [0.25, 0.3) is 5.52 Å². The molecule has 0 fully saturated rings. The Labute approximate surface area is 68.2 Å². The molecular weight excluding hydrogens is 156 g/mol. The SMILES string of the molecule is NNc1ccc2c(N)ncnn12. The molecule has 0 atom stereocenters. The molecule has 0 amide bonds. The zero-order valence-corrected chi connectivity index (χ0v) is 6.23. The van der Waals surface area contributed by atoms with E-state index in [4.69, 9.17) is 11.6 Å². The van der Waals surface area contributed by atoms with E-state index in [2.05, 4.69) is 15.5 Å². The lowest BCUT2D eigenvalue weighted by Crippen LogP contribution is -2.10. The molecule has 0 radical (unpaired) electrons. The maximum Gasteiger partial charge on any atom is 0.151 e. The molecule has 0 aliphatic heterocycles. The lowest BCUT2D eigenvalue weighted by molar-refractivity contribution is 0.906. The largest absolute Gasteiger partial charge is 0.382 e. The summed E-state index contributed by atoms with van der Waals surface area (Å²) in [6.07, 6.45) is 1.38. The Bertz CT molecular complexity index is 405. The van der Waals surface area contributed by atoms with Gasteiger partial charge in [-0.15, -0.1) is 0 Å². The number of nitrogens with one attached hydrogen (secondary N) is 1. The lowest BCUT2D eigenvalue weighted by Gasteiger charge is -1.99. The highest BCUT2D eigenvalue weighted by Gasteiger charge is 2.02. The number of nitrogen functional groups attached to an aromatic ring is 2. The van der Waals surface area contributed by atoms with Gasteiger partial charge < -0.3 is 11.2 Å². The minimum atomic E-state index is 0.437. The molecule has 0 aliphatic carbocycles. The first kappa shape index (κ1) is 6.86. The molecule has 62 valence electrons. The third-order valence-corrected chi connectivity index (χ3v) is 1.63. The van der Waals surface area contributed by atoms with Crippen molar-refractivity contribution < 1.29 is 0 Å². The summed E-state index contributed by atoms with van der Waals surface area (Å²) in [7, 11) is 0. The first-order valence-electron chi connectivity index (χ1n) is 3.38. The highest BCUT2D eigenvalue weighted by Crippen LogP contribution is 2.15. The number of aromatic nitrogens is 3. The van der Waals surface area contributed by atoms with Crippen LogP contribution in [0.15, 0.2) is 18.5 Å². The van der Waals surface area contributed by atoms with Crippen molar-refractivity contribution in [1.82, 2.24) is 14.6 Å². The van der Waals surface area contributed by atoms with Crippen molar-refractivity contribution in [2.24, 2.45) is 5.84 Å². The molecule has 2 heterocycles. The third kappa shape index (κ3) is 0.785. The van der Waals surface area contributed by atoms with Crippen LogP contribution in [0.4, 0.5) is 11.6 Å². The minimum Gasteiger partial charge on any atom is -0.382 e. The van der Waals surface area contributed by atoms with Gasteiger partial charge in [0.25, 0.3) is 0 Å². The summed E-state index contributed by atoms with van der Waals surface area (Å²) < 4.78 is 1.59. The van der Waals surface area contributed by atoms with Gasteiger partial charge in [0, 0.05) is 0 Å². The van der Waals surface area contributed by atoms with Crippen molar-refractivity contribution in [3.63, 3.8) is 0 Å². The number of fused-ring (bicyclic) bond motifs is 1. The fourth-order valence-corrected chi connectivity index (χ4v) is 1.06. The third-order valence-electron chi connectivity index (χ3n) is 1.63. The van der Waals surface area contributed by atoms with E-state index in [9.17, 15) is 0 Å². The molecule has 6 heteroatoms. The van der Waals surface area contributed by atoms with E-state index in [1.807, 2.05) is 0 Å². The van der Waals surface area contributed by atoms with Crippen LogP contribution >= 0.6 is 0 Å². The Morgan fingerprint density at radius 1 is 1.42 bits per heavy atom. The molecule has 0 spiro atoms.